The molecule has 1 amide bonds. The molecule has 1 fully saturated rings. The first-order valence-corrected chi connectivity index (χ1v) is 6.45. The maximum atomic E-state index is 12.0. The number of amides is 1. The van der Waals surface area contributed by atoms with E-state index in [1.807, 2.05) is 32.0 Å². The summed E-state index contributed by atoms with van der Waals surface area (Å²) in [5.74, 6) is 0.891. The van der Waals surface area contributed by atoms with Gasteiger partial charge in [-0.05, 0) is 44.5 Å². The van der Waals surface area contributed by atoms with Crippen LogP contribution in [-0.2, 0) is 4.79 Å². The topological polar surface area (TPSA) is 50.4 Å². The van der Waals surface area contributed by atoms with Crippen molar-refractivity contribution < 1.29 is 9.53 Å². The number of hydrogen-bond acceptors (Lipinski definition) is 3. The molecule has 0 aromatic heterocycles. The molecule has 2 rings (SSSR count). The van der Waals surface area contributed by atoms with E-state index in [9.17, 15) is 4.79 Å². The molecular weight excluding hydrogens is 264 g/mol. The lowest BCUT2D eigenvalue weighted by Crippen LogP contribution is -2.24. The van der Waals surface area contributed by atoms with Gasteiger partial charge in [0, 0.05) is 6.54 Å². The van der Waals surface area contributed by atoms with Gasteiger partial charge in [-0.1, -0.05) is 6.07 Å². The largest absolute Gasteiger partial charge is 0.492 e. The summed E-state index contributed by atoms with van der Waals surface area (Å²) in [6, 6.07) is 5.83. The summed E-state index contributed by atoms with van der Waals surface area (Å²) in [6.45, 7) is 6.23. The Kier molecular flexibility index (Phi) is 6.12. The molecule has 106 valence electrons. The van der Waals surface area contributed by atoms with Gasteiger partial charge in [0.1, 0.15) is 5.75 Å². The lowest BCUT2D eigenvalue weighted by atomic mass is 10.1. The number of aryl methyl sites for hydroxylation is 1. The van der Waals surface area contributed by atoms with Crippen molar-refractivity contribution in [1.29, 1.82) is 0 Å². The van der Waals surface area contributed by atoms with Crippen molar-refractivity contribution in [3.63, 3.8) is 0 Å². The van der Waals surface area contributed by atoms with E-state index in [0.717, 1.165) is 36.5 Å². The summed E-state index contributed by atoms with van der Waals surface area (Å²) < 4.78 is 5.55. The van der Waals surface area contributed by atoms with Gasteiger partial charge in [0.2, 0.25) is 5.91 Å². The normalized spacial score (nSPS) is 17.7. The highest BCUT2D eigenvalue weighted by Gasteiger charge is 2.23. The van der Waals surface area contributed by atoms with Crippen LogP contribution in [0.1, 0.15) is 18.9 Å². The molecule has 2 N–H and O–H groups in total. The van der Waals surface area contributed by atoms with Crippen molar-refractivity contribution in [3.05, 3.63) is 23.8 Å². The predicted molar refractivity (Wildman–Crippen MR) is 79.2 cm³/mol. The number of anilines is 1. The number of ether oxygens (including phenoxy) is 1. The van der Waals surface area contributed by atoms with Crippen LogP contribution >= 0.6 is 12.4 Å². The van der Waals surface area contributed by atoms with Crippen LogP contribution in [0.15, 0.2) is 18.2 Å². The van der Waals surface area contributed by atoms with E-state index in [-0.39, 0.29) is 24.2 Å². The van der Waals surface area contributed by atoms with Gasteiger partial charge in [-0.25, -0.2) is 0 Å². The van der Waals surface area contributed by atoms with Crippen LogP contribution < -0.4 is 15.4 Å². The molecule has 0 bridgehead atoms. The van der Waals surface area contributed by atoms with Crippen molar-refractivity contribution in [2.45, 2.75) is 20.3 Å². The van der Waals surface area contributed by atoms with Crippen molar-refractivity contribution in [2.75, 3.05) is 25.0 Å². The summed E-state index contributed by atoms with van der Waals surface area (Å²) in [7, 11) is 0. The number of rotatable bonds is 4. The van der Waals surface area contributed by atoms with Crippen LogP contribution in [0.4, 0.5) is 5.69 Å². The molecule has 0 spiro atoms. The second-order valence-corrected chi connectivity index (χ2v) is 4.61. The molecule has 19 heavy (non-hydrogen) atoms. The smallest absolute Gasteiger partial charge is 0.228 e. The predicted octanol–water partition coefficient (Wildman–Crippen LogP) is 2.36. The molecule has 4 nitrogen and oxygen atoms in total. The highest BCUT2D eigenvalue weighted by Crippen LogP contribution is 2.26. The highest BCUT2D eigenvalue weighted by molar-refractivity contribution is 5.94. The molecule has 1 unspecified atom stereocenters. The van der Waals surface area contributed by atoms with E-state index in [4.69, 9.17) is 4.74 Å². The summed E-state index contributed by atoms with van der Waals surface area (Å²) in [4.78, 5) is 12.0. The van der Waals surface area contributed by atoms with Gasteiger partial charge in [0.15, 0.2) is 0 Å². The van der Waals surface area contributed by atoms with Crippen LogP contribution in [0.3, 0.4) is 0 Å². The fraction of sp³-hybridized carbons (Fsp3) is 0.500. The molecule has 0 aliphatic carbocycles. The van der Waals surface area contributed by atoms with Gasteiger partial charge < -0.3 is 15.4 Å². The van der Waals surface area contributed by atoms with E-state index in [2.05, 4.69) is 10.6 Å². The van der Waals surface area contributed by atoms with Crippen LogP contribution in [0, 0.1) is 12.8 Å². The first kappa shape index (κ1) is 15.8. The maximum Gasteiger partial charge on any atom is 0.228 e. The Morgan fingerprint density at radius 3 is 2.95 bits per heavy atom. The van der Waals surface area contributed by atoms with Crippen LogP contribution in [0.2, 0.25) is 0 Å². The summed E-state index contributed by atoms with van der Waals surface area (Å²) in [5.41, 5.74) is 1.89. The average molecular weight is 285 g/mol. The number of benzene rings is 1. The third-order valence-corrected chi connectivity index (χ3v) is 3.13. The van der Waals surface area contributed by atoms with Gasteiger partial charge in [0.25, 0.3) is 0 Å². The third-order valence-electron chi connectivity index (χ3n) is 3.13. The number of carbonyl (C=O) groups excluding carboxylic acids is 1. The van der Waals surface area contributed by atoms with Gasteiger partial charge in [0.05, 0.1) is 18.2 Å². The second-order valence-electron chi connectivity index (χ2n) is 4.61. The van der Waals surface area contributed by atoms with Crippen molar-refractivity contribution in [1.82, 2.24) is 5.32 Å². The zero-order valence-electron chi connectivity index (χ0n) is 11.4. The van der Waals surface area contributed by atoms with Gasteiger partial charge in [-0.15, -0.1) is 12.4 Å². The zero-order chi connectivity index (χ0) is 13.0. The number of carbonyl (C=O) groups is 1. The van der Waals surface area contributed by atoms with Crippen LogP contribution in [-0.4, -0.2) is 25.6 Å². The molecule has 0 saturated carbocycles. The first-order chi connectivity index (χ1) is 8.70. The number of halogens is 1. The Morgan fingerprint density at radius 2 is 2.32 bits per heavy atom. The quantitative estimate of drug-likeness (QED) is 0.892. The van der Waals surface area contributed by atoms with Gasteiger partial charge in [-0.2, -0.15) is 0 Å². The van der Waals surface area contributed by atoms with Gasteiger partial charge in [-0.3, -0.25) is 4.79 Å². The van der Waals surface area contributed by atoms with Crippen molar-refractivity contribution >= 4 is 24.0 Å². The minimum Gasteiger partial charge on any atom is -0.492 e. The Morgan fingerprint density at radius 1 is 1.53 bits per heavy atom. The Hall–Kier alpha value is -1.26. The van der Waals surface area contributed by atoms with Crippen molar-refractivity contribution in [3.8, 4) is 5.75 Å². The zero-order valence-corrected chi connectivity index (χ0v) is 12.2. The first-order valence-electron chi connectivity index (χ1n) is 6.45. The number of nitrogens with one attached hydrogen (secondary N) is 2. The molecule has 1 aromatic rings. The van der Waals surface area contributed by atoms with E-state index >= 15 is 0 Å². The molecular formula is C14H21ClN2O2. The Labute approximate surface area is 120 Å². The molecule has 1 atom stereocenters. The minimum absolute atomic E-state index is 0. The molecule has 1 aliphatic heterocycles. The standard InChI is InChI=1S/C14H20N2O2.ClH/c1-3-18-13-8-10(2)4-5-12(13)16-14(17)11-6-7-15-9-11;/h4-5,8,11,15H,3,6-7,9H2,1-2H3,(H,16,17);1H. The van der Waals surface area contributed by atoms with E-state index in [0.29, 0.717) is 6.61 Å². The molecule has 5 heteroatoms. The second kappa shape index (κ2) is 7.36. The van der Waals surface area contributed by atoms with Crippen LogP contribution in [0.25, 0.3) is 0 Å². The lowest BCUT2D eigenvalue weighted by molar-refractivity contribution is -0.119. The number of hydrogen-bond donors (Lipinski definition) is 2. The summed E-state index contributed by atoms with van der Waals surface area (Å²) in [6.07, 6.45) is 0.904. The molecule has 1 heterocycles. The van der Waals surface area contributed by atoms with E-state index < -0.39 is 0 Å². The molecule has 1 aromatic carbocycles. The third kappa shape index (κ3) is 4.11. The fourth-order valence-corrected chi connectivity index (χ4v) is 2.12. The Bertz CT molecular complexity index is 431. The summed E-state index contributed by atoms with van der Waals surface area (Å²) in [5, 5.41) is 6.16. The Balaban J connectivity index is 0.00000180. The minimum atomic E-state index is 0. The average Bonchev–Trinajstić information content (AvgIpc) is 2.86. The van der Waals surface area contributed by atoms with Crippen molar-refractivity contribution in [2.24, 2.45) is 5.92 Å². The van der Waals surface area contributed by atoms with E-state index in [1.54, 1.807) is 0 Å². The monoisotopic (exact) mass is 284 g/mol. The maximum absolute atomic E-state index is 12.0. The van der Waals surface area contributed by atoms with Gasteiger partial charge >= 0.3 is 0 Å². The van der Waals surface area contributed by atoms with Crippen LogP contribution in [0.5, 0.6) is 5.75 Å². The summed E-state index contributed by atoms with van der Waals surface area (Å²) >= 11 is 0. The van der Waals surface area contributed by atoms with E-state index in [1.165, 1.54) is 0 Å². The SMILES string of the molecule is CCOc1cc(C)ccc1NC(=O)C1CCNC1.Cl. The molecule has 0 radical (unpaired) electrons. The lowest BCUT2D eigenvalue weighted by Gasteiger charge is -2.14. The molecule has 1 saturated heterocycles. The molecule has 1 aliphatic rings. The highest BCUT2D eigenvalue weighted by atomic mass is 35.5. The fourth-order valence-electron chi connectivity index (χ4n) is 2.12.